The molecule has 1 aromatic heterocycles. The highest BCUT2D eigenvalue weighted by atomic mass is 79.9. The van der Waals surface area contributed by atoms with Gasteiger partial charge >= 0.3 is 0 Å². The molecule has 1 aliphatic rings. The fourth-order valence-corrected chi connectivity index (χ4v) is 5.52. The Bertz CT molecular complexity index is 1440. The Morgan fingerprint density at radius 1 is 0.655 bits per heavy atom. The highest BCUT2D eigenvalue weighted by Crippen LogP contribution is 2.51. The zero-order valence-corrected chi connectivity index (χ0v) is 18.0. The van der Waals surface area contributed by atoms with Gasteiger partial charge in [-0.2, -0.15) is 0 Å². The molecule has 0 spiro atoms. The molecule has 0 bridgehead atoms. The Balaban J connectivity index is 1.80. The molecular formula is C27H20BrN. The molecular weight excluding hydrogens is 418 g/mol. The molecule has 0 saturated carbocycles. The van der Waals surface area contributed by atoms with Gasteiger partial charge in [-0.3, -0.25) is 0 Å². The molecule has 0 amide bonds. The average molecular weight is 438 g/mol. The molecule has 140 valence electrons. The van der Waals surface area contributed by atoms with E-state index in [-0.39, 0.29) is 5.41 Å². The number of fused-ring (bicyclic) bond motifs is 6. The minimum absolute atomic E-state index is 0.00464. The summed E-state index contributed by atoms with van der Waals surface area (Å²) in [6, 6.07) is 30.9. The van der Waals surface area contributed by atoms with Gasteiger partial charge in [0.1, 0.15) is 0 Å². The van der Waals surface area contributed by atoms with E-state index in [9.17, 15) is 0 Å². The summed E-state index contributed by atoms with van der Waals surface area (Å²) >= 11 is 3.78. The number of hydrogen-bond donors (Lipinski definition) is 0. The number of benzene rings is 4. The van der Waals surface area contributed by atoms with Gasteiger partial charge in [-0.1, -0.05) is 68.4 Å². The van der Waals surface area contributed by atoms with Crippen molar-refractivity contribution >= 4 is 37.7 Å². The van der Waals surface area contributed by atoms with E-state index in [0.717, 1.165) is 4.47 Å². The highest BCUT2D eigenvalue weighted by Gasteiger charge is 2.36. The van der Waals surface area contributed by atoms with Crippen LogP contribution in [0.3, 0.4) is 0 Å². The van der Waals surface area contributed by atoms with E-state index in [1.807, 2.05) is 0 Å². The third-order valence-electron chi connectivity index (χ3n) is 6.47. The second kappa shape index (κ2) is 5.84. The van der Waals surface area contributed by atoms with Crippen molar-refractivity contribution in [3.8, 4) is 16.8 Å². The molecule has 0 fully saturated rings. The number of rotatable bonds is 1. The summed E-state index contributed by atoms with van der Waals surface area (Å²) in [5.41, 5.74) is 9.23. The maximum atomic E-state index is 3.78. The van der Waals surface area contributed by atoms with E-state index in [2.05, 4.69) is 119 Å². The van der Waals surface area contributed by atoms with Gasteiger partial charge in [-0.05, 0) is 68.5 Å². The summed E-state index contributed by atoms with van der Waals surface area (Å²) in [4.78, 5) is 0. The predicted molar refractivity (Wildman–Crippen MR) is 126 cm³/mol. The standard InChI is InChI=1S/C27H20BrN/c1-27(2)21-11-5-3-9-17(21)19-15-20-18-10-4-7-13-24(18)29(26(20)16-22(19)27)25-14-8-6-12-23(25)28/h3-16H,1-2H3. The quantitative estimate of drug-likeness (QED) is 0.251. The molecule has 1 aliphatic carbocycles. The third kappa shape index (κ3) is 2.21. The van der Waals surface area contributed by atoms with Gasteiger partial charge in [-0.15, -0.1) is 0 Å². The predicted octanol–water partition coefficient (Wildman–Crippen LogP) is 7.85. The second-order valence-corrected chi connectivity index (χ2v) is 9.24. The van der Waals surface area contributed by atoms with E-state index in [1.165, 1.54) is 49.7 Å². The molecule has 1 nitrogen and oxygen atoms in total. The van der Waals surface area contributed by atoms with E-state index in [0.29, 0.717) is 0 Å². The SMILES string of the molecule is CC1(C)c2ccccc2-c2cc3c4ccccc4n(-c4ccccc4Br)c3cc21. The average Bonchev–Trinajstić information content (AvgIpc) is 3.17. The number of para-hydroxylation sites is 2. The monoisotopic (exact) mass is 437 g/mol. The molecule has 2 heteroatoms. The molecule has 0 unspecified atom stereocenters. The molecule has 0 radical (unpaired) electrons. The van der Waals surface area contributed by atoms with Gasteiger partial charge < -0.3 is 4.57 Å². The van der Waals surface area contributed by atoms with Gasteiger partial charge in [0.05, 0.1) is 16.7 Å². The fourth-order valence-electron chi connectivity index (χ4n) is 5.06. The minimum atomic E-state index is -0.00464. The maximum absolute atomic E-state index is 3.78. The lowest BCUT2D eigenvalue weighted by Gasteiger charge is -2.21. The largest absolute Gasteiger partial charge is 0.308 e. The number of nitrogens with zero attached hydrogens (tertiary/aromatic N) is 1. The molecule has 0 N–H and O–H groups in total. The van der Waals surface area contributed by atoms with Crippen LogP contribution >= 0.6 is 15.9 Å². The lowest BCUT2D eigenvalue weighted by atomic mass is 9.82. The molecule has 0 saturated heterocycles. The number of halogens is 1. The van der Waals surface area contributed by atoms with Crippen LogP contribution in [0.15, 0.2) is 89.4 Å². The van der Waals surface area contributed by atoms with Crippen LogP contribution in [0.1, 0.15) is 25.0 Å². The number of hydrogen-bond acceptors (Lipinski definition) is 0. The molecule has 0 aliphatic heterocycles. The van der Waals surface area contributed by atoms with Crippen LogP contribution in [0, 0.1) is 0 Å². The van der Waals surface area contributed by atoms with Crippen molar-refractivity contribution in [2.75, 3.05) is 0 Å². The van der Waals surface area contributed by atoms with Crippen LogP contribution in [0.2, 0.25) is 0 Å². The van der Waals surface area contributed by atoms with Crippen molar-refractivity contribution in [1.82, 2.24) is 4.57 Å². The second-order valence-electron chi connectivity index (χ2n) is 8.39. The fraction of sp³-hybridized carbons (Fsp3) is 0.111. The highest BCUT2D eigenvalue weighted by molar-refractivity contribution is 9.10. The summed E-state index contributed by atoms with van der Waals surface area (Å²) in [5, 5.41) is 2.60. The molecule has 5 aromatic rings. The molecule has 0 atom stereocenters. The molecule has 6 rings (SSSR count). The first-order valence-corrected chi connectivity index (χ1v) is 10.8. The summed E-state index contributed by atoms with van der Waals surface area (Å²) in [6.07, 6.45) is 0. The van der Waals surface area contributed by atoms with Gasteiger partial charge in [0.25, 0.3) is 0 Å². The van der Waals surface area contributed by atoms with Crippen LogP contribution < -0.4 is 0 Å². The zero-order valence-electron chi connectivity index (χ0n) is 16.4. The Morgan fingerprint density at radius 2 is 1.38 bits per heavy atom. The van der Waals surface area contributed by atoms with Crippen molar-refractivity contribution in [1.29, 1.82) is 0 Å². The lowest BCUT2D eigenvalue weighted by molar-refractivity contribution is 0.661. The Kier molecular flexibility index (Phi) is 3.43. The van der Waals surface area contributed by atoms with E-state index >= 15 is 0 Å². The first kappa shape index (κ1) is 17.1. The van der Waals surface area contributed by atoms with Crippen molar-refractivity contribution in [2.24, 2.45) is 0 Å². The summed E-state index contributed by atoms with van der Waals surface area (Å²) in [7, 11) is 0. The van der Waals surface area contributed by atoms with Crippen molar-refractivity contribution in [3.05, 3.63) is 101 Å². The van der Waals surface area contributed by atoms with Gasteiger partial charge in [-0.25, -0.2) is 0 Å². The van der Waals surface area contributed by atoms with E-state index in [4.69, 9.17) is 0 Å². The van der Waals surface area contributed by atoms with E-state index in [1.54, 1.807) is 0 Å². The zero-order chi connectivity index (χ0) is 19.8. The van der Waals surface area contributed by atoms with Crippen LogP contribution in [0.25, 0.3) is 38.6 Å². The molecule has 4 aromatic carbocycles. The lowest BCUT2D eigenvalue weighted by Crippen LogP contribution is -2.15. The summed E-state index contributed by atoms with van der Waals surface area (Å²) in [6.45, 7) is 4.68. The van der Waals surface area contributed by atoms with Crippen LogP contribution in [-0.2, 0) is 5.41 Å². The maximum Gasteiger partial charge on any atom is 0.0604 e. The minimum Gasteiger partial charge on any atom is -0.308 e. The van der Waals surface area contributed by atoms with Gasteiger partial charge in [0, 0.05) is 20.7 Å². The van der Waals surface area contributed by atoms with E-state index < -0.39 is 0 Å². The van der Waals surface area contributed by atoms with Crippen LogP contribution in [0.5, 0.6) is 0 Å². The topological polar surface area (TPSA) is 4.93 Å². The Labute approximate surface area is 178 Å². The smallest absolute Gasteiger partial charge is 0.0604 e. The summed E-state index contributed by atoms with van der Waals surface area (Å²) < 4.78 is 3.50. The van der Waals surface area contributed by atoms with Crippen LogP contribution in [-0.4, -0.2) is 4.57 Å². The Morgan fingerprint density at radius 3 is 2.24 bits per heavy atom. The van der Waals surface area contributed by atoms with Crippen LogP contribution in [0.4, 0.5) is 0 Å². The van der Waals surface area contributed by atoms with Gasteiger partial charge in [0.2, 0.25) is 0 Å². The van der Waals surface area contributed by atoms with Crippen molar-refractivity contribution in [3.63, 3.8) is 0 Å². The number of aromatic nitrogens is 1. The Hall–Kier alpha value is -2.84. The molecule has 1 heterocycles. The van der Waals surface area contributed by atoms with Crippen molar-refractivity contribution < 1.29 is 0 Å². The first-order chi connectivity index (χ1) is 14.1. The van der Waals surface area contributed by atoms with Crippen molar-refractivity contribution in [2.45, 2.75) is 19.3 Å². The molecule has 29 heavy (non-hydrogen) atoms. The summed E-state index contributed by atoms with van der Waals surface area (Å²) in [5.74, 6) is 0. The first-order valence-electron chi connectivity index (χ1n) is 10.00. The normalized spacial score (nSPS) is 14.3. The van der Waals surface area contributed by atoms with Gasteiger partial charge in [0.15, 0.2) is 0 Å². The third-order valence-corrected chi connectivity index (χ3v) is 7.14.